The maximum Gasteiger partial charge on any atom is 0.143 e. The van der Waals surface area contributed by atoms with Crippen molar-refractivity contribution in [1.82, 2.24) is 14.4 Å². The van der Waals surface area contributed by atoms with Crippen LogP contribution >= 0.6 is 11.8 Å². The average molecular weight is 389 g/mol. The number of fused-ring (bicyclic) bond motifs is 1. The lowest BCUT2D eigenvalue weighted by Gasteiger charge is -2.15. The summed E-state index contributed by atoms with van der Waals surface area (Å²) in [6.07, 6.45) is 8.86. The Morgan fingerprint density at radius 3 is 2.79 bits per heavy atom. The van der Waals surface area contributed by atoms with Gasteiger partial charge in [-0.15, -0.1) is 0 Å². The number of thioether (sulfide) groups is 1. The Morgan fingerprint density at radius 2 is 2.04 bits per heavy atom. The lowest BCUT2D eigenvalue weighted by molar-refractivity contribution is 1.12. The minimum absolute atomic E-state index is 0.916. The van der Waals surface area contributed by atoms with Gasteiger partial charge in [0.2, 0.25) is 0 Å². The second kappa shape index (κ2) is 8.07. The van der Waals surface area contributed by atoms with E-state index in [0.29, 0.717) is 0 Å². The van der Waals surface area contributed by atoms with Crippen LogP contribution < -0.4 is 5.32 Å². The molecule has 142 valence electrons. The number of para-hydroxylation sites is 1. The lowest BCUT2D eigenvalue weighted by atomic mass is 10.1. The standard InChI is InChI=1S/C23H24N4S/c1-4-18-8-5-7-16(2)21(18)26-23-22(19-9-6-11-24-14-19)25-20-13-17(15-28-3)10-12-27(20)23/h5-14,26H,4,15H2,1-3H3. The summed E-state index contributed by atoms with van der Waals surface area (Å²) in [7, 11) is 0. The second-order valence-electron chi connectivity index (χ2n) is 6.83. The molecule has 4 aromatic rings. The minimum Gasteiger partial charge on any atom is -0.339 e. The van der Waals surface area contributed by atoms with Gasteiger partial charge in [-0.25, -0.2) is 4.98 Å². The van der Waals surface area contributed by atoms with Crippen LogP contribution in [0, 0.1) is 6.92 Å². The highest BCUT2D eigenvalue weighted by atomic mass is 32.2. The number of pyridine rings is 2. The Balaban J connectivity index is 1.90. The van der Waals surface area contributed by atoms with Crippen molar-refractivity contribution in [3.63, 3.8) is 0 Å². The van der Waals surface area contributed by atoms with Gasteiger partial charge in [0.25, 0.3) is 0 Å². The van der Waals surface area contributed by atoms with Crippen LogP contribution in [0.1, 0.15) is 23.6 Å². The van der Waals surface area contributed by atoms with Gasteiger partial charge in [0.1, 0.15) is 17.2 Å². The predicted molar refractivity (Wildman–Crippen MR) is 119 cm³/mol. The Labute approximate surface area is 170 Å². The van der Waals surface area contributed by atoms with Gasteiger partial charge in [-0.3, -0.25) is 9.38 Å². The molecular formula is C23H24N4S. The topological polar surface area (TPSA) is 42.2 Å². The zero-order valence-electron chi connectivity index (χ0n) is 16.4. The van der Waals surface area contributed by atoms with Crippen molar-refractivity contribution in [2.75, 3.05) is 11.6 Å². The van der Waals surface area contributed by atoms with E-state index in [2.05, 4.69) is 77.4 Å². The van der Waals surface area contributed by atoms with Crippen molar-refractivity contribution >= 4 is 28.9 Å². The van der Waals surface area contributed by atoms with Gasteiger partial charge in [-0.05, 0) is 60.6 Å². The Kier molecular flexibility index (Phi) is 5.35. The van der Waals surface area contributed by atoms with E-state index in [1.807, 2.05) is 24.0 Å². The van der Waals surface area contributed by atoms with E-state index in [4.69, 9.17) is 4.98 Å². The van der Waals surface area contributed by atoms with Gasteiger partial charge in [-0.2, -0.15) is 11.8 Å². The molecule has 1 aromatic carbocycles. The number of nitrogens with zero attached hydrogens (tertiary/aromatic N) is 3. The first-order valence-corrected chi connectivity index (χ1v) is 10.9. The summed E-state index contributed by atoms with van der Waals surface area (Å²) < 4.78 is 2.14. The van der Waals surface area contributed by atoms with E-state index in [1.54, 1.807) is 6.20 Å². The van der Waals surface area contributed by atoms with E-state index in [0.717, 1.165) is 40.6 Å². The van der Waals surface area contributed by atoms with Gasteiger partial charge < -0.3 is 5.32 Å². The molecule has 0 bridgehead atoms. The van der Waals surface area contributed by atoms with Crippen molar-refractivity contribution in [2.45, 2.75) is 26.0 Å². The third-order valence-corrected chi connectivity index (χ3v) is 5.54. The van der Waals surface area contributed by atoms with E-state index in [9.17, 15) is 0 Å². The number of aryl methyl sites for hydroxylation is 2. The molecular weight excluding hydrogens is 364 g/mol. The molecule has 4 rings (SSSR count). The fourth-order valence-electron chi connectivity index (χ4n) is 3.49. The molecule has 0 radical (unpaired) electrons. The van der Waals surface area contributed by atoms with Crippen LogP contribution in [0.25, 0.3) is 16.9 Å². The van der Waals surface area contributed by atoms with E-state index in [-0.39, 0.29) is 0 Å². The smallest absolute Gasteiger partial charge is 0.143 e. The third-order valence-electron chi connectivity index (χ3n) is 4.92. The van der Waals surface area contributed by atoms with Crippen molar-refractivity contribution < 1.29 is 0 Å². The molecule has 4 nitrogen and oxygen atoms in total. The van der Waals surface area contributed by atoms with Crippen LogP contribution in [0.5, 0.6) is 0 Å². The molecule has 28 heavy (non-hydrogen) atoms. The van der Waals surface area contributed by atoms with Crippen LogP contribution in [0.15, 0.2) is 61.1 Å². The summed E-state index contributed by atoms with van der Waals surface area (Å²) in [6.45, 7) is 4.33. The maximum atomic E-state index is 4.96. The summed E-state index contributed by atoms with van der Waals surface area (Å²) >= 11 is 1.82. The van der Waals surface area contributed by atoms with Gasteiger partial charge in [0.15, 0.2) is 0 Å². The van der Waals surface area contributed by atoms with Gasteiger partial charge in [0.05, 0.1) is 0 Å². The number of nitrogens with one attached hydrogen (secondary N) is 1. The molecule has 0 atom stereocenters. The van der Waals surface area contributed by atoms with E-state index < -0.39 is 0 Å². The van der Waals surface area contributed by atoms with Gasteiger partial charge in [0, 0.05) is 35.6 Å². The monoisotopic (exact) mass is 388 g/mol. The predicted octanol–water partition coefficient (Wildman–Crippen LogP) is 5.87. The number of benzene rings is 1. The molecule has 0 fully saturated rings. The largest absolute Gasteiger partial charge is 0.339 e. The summed E-state index contributed by atoms with van der Waals surface area (Å²) in [5.41, 5.74) is 7.83. The number of rotatable bonds is 6. The average Bonchev–Trinajstić information content (AvgIpc) is 3.08. The molecule has 5 heteroatoms. The Morgan fingerprint density at radius 1 is 1.14 bits per heavy atom. The number of anilines is 2. The summed E-state index contributed by atoms with van der Waals surface area (Å²) in [5, 5.41) is 3.70. The fraction of sp³-hybridized carbons (Fsp3) is 0.217. The molecule has 0 spiro atoms. The fourth-order valence-corrected chi connectivity index (χ4v) is 4.00. The van der Waals surface area contributed by atoms with Gasteiger partial charge >= 0.3 is 0 Å². The number of hydrogen-bond donors (Lipinski definition) is 1. The van der Waals surface area contributed by atoms with Crippen molar-refractivity contribution in [2.24, 2.45) is 0 Å². The Hall–Kier alpha value is -2.79. The first kappa shape index (κ1) is 18.6. The molecule has 0 saturated heterocycles. The number of imidazole rings is 1. The Bertz CT molecular complexity index is 1100. The third kappa shape index (κ3) is 3.50. The van der Waals surface area contributed by atoms with Crippen LogP contribution in [0.4, 0.5) is 11.5 Å². The zero-order chi connectivity index (χ0) is 19.5. The van der Waals surface area contributed by atoms with Crippen LogP contribution in [-0.4, -0.2) is 20.6 Å². The highest BCUT2D eigenvalue weighted by Crippen LogP contribution is 2.33. The SMILES string of the molecule is CCc1cccc(C)c1Nc1c(-c2cccnc2)nc2cc(CSC)ccn12. The second-order valence-corrected chi connectivity index (χ2v) is 7.70. The first-order chi connectivity index (χ1) is 13.7. The maximum absolute atomic E-state index is 4.96. The zero-order valence-corrected chi connectivity index (χ0v) is 17.3. The molecule has 0 unspecified atom stereocenters. The molecule has 1 N–H and O–H groups in total. The molecule has 3 heterocycles. The quantitative estimate of drug-likeness (QED) is 0.448. The molecule has 0 amide bonds. The summed E-state index contributed by atoms with van der Waals surface area (Å²) in [5.74, 6) is 1.95. The molecule has 0 aliphatic heterocycles. The normalized spacial score (nSPS) is 11.1. The summed E-state index contributed by atoms with van der Waals surface area (Å²) in [4.78, 5) is 9.26. The summed E-state index contributed by atoms with van der Waals surface area (Å²) in [6, 6.07) is 14.8. The van der Waals surface area contributed by atoms with Crippen molar-refractivity contribution in [3.8, 4) is 11.3 Å². The first-order valence-electron chi connectivity index (χ1n) is 9.47. The number of hydrogen-bond acceptors (Lipinski definition) is 4. The highest BCUT2D eigenvalue weighted by Gasteiger charge is 2.17. The molecule has 0 aliphatic rings. The molecule has 3 aromatic heterocycles. The van der Waals surface area contributed by atoms with Crippen LogP contribution in [-0.2, 0) is 12.2 Å². The van der Waals surface area contributed by atoms with Crippen molar-refractivity contribution in [3.05, 3.63) is 77.7 Å². The van der Waals surface area contributed by atoms with Crippen molar-refractivity contribution in [1.29, 1.82) is 0 Å². The van der Waals surface area contributed by atoms with Crippen LogP contribution in [0.2, 0.25) is 0 Å². The minimum atomic E-state index is 0.916. The van der Waals surface area contributed by atoms with E-state index >= 15 is 0 Å². The molecule has 0 saturated carbocycles. The number of aromatic nitrogens is 3. The molecule has 0 aliphatic carbocycles. The van der Waals surface area contributed by atoms with Crippen LogP contribution in [0.3, 0.4) is 0 Å². The van der Waals surface area contributed by atoms with Gasteiger partial charge in [-0.1, -0.05) is 25.1 Å². The van der Waals surface area contributed by atoms with E-state index in [1.165, 1.54) is 16.7 Å². The highest BCUT2D eigenvalue weighted by molar-refractivity contribution is 7.97. The lowest BCUT2D eigenvalue weighted by Crippen LogP contribution is -2.02.